The van der Waals surface area contributed by atoms with Gasteiger partial charge in [0.25, 0.3) is 0 Å². The van der Waals surface area contributed by atoms with Crippen LogP contribution in [-0.2, 0) is 9.53 Å². The molecule has 2 heteroatoms. The Balaban J connectivity index is 1.40. The fourth-order valence-corrected chi connectivity index (χ4v) is 9.26. The van der Waals surface area contributed by atoms with Crippen LogP contribution in [0.5, 0.6) is 0 Å². The molecule has 4 rings (SSSR count). The van der Waals surface area contributed by atoms with Crippen molar-refractivity contribution >= 4 is 5.97 Å². The minimum absolute atomic E-state index is 0.0345. The van der Waals surface area contributed by atoms with Gasteiger partial charge < -0.3 is 4.74 Å². The molecule has 0 amide bonds. The van der Waals surface area contributed by atoms with E-state index < -0.39 is 0 Å². The van der Waals surface area contributed by atoms with Crippen LogP contribution < -0.4 is 0 Å². The first-order valence-corrected chi connectivity index (χ1v) is 15.4. The second-order valence-electron chi connectivity index (χ2n) is 14.6. The number of hydrogen-bond acceptors (Lipinski definition) is 2. The van der Waals surface area contributed by atoms with Gasteiger partial charge in [-0.1, -0.05) is 79.4 Å². The Bertz CT molecular complexity index is 765. The van der Waals surface area contributed by atoms with Crippen molar-refractivity contribution in [1.82, 2.24) is 0 Å². The molecule has 8 atom stereocenters. The van der Waals surface area contributed by atoms with Crippen LogP contribution in [-0.4, -0.2) is 12.1 Å². The second kappa shape index (κ2) is 10.9. The monoisotopic (exact) mass is 484 g/mol. The Morgan fingerprint density at radius 1 is 0.914 bits per heavy atom. The number of allylic oxidation sites excluding steroid dienone is 2. The SMILES string of the molecule is CC(C)CCC[C@@H](C)[C@H]1CC[C@H]2C3=CC[C@H]4C[C@@H](OC(=O)CCC(C)C)CC[C@]4(C)[C@H]3CC[C@]12C. The topological polar surface area (TPSA) is 26.3 Å². The molecule has 3 saturated carbocycles. The predicted octanol–water partition coefficient (Wildman–Crippen LogP) is 9.38. The molecule has 0 heterocycles. The number of carbonyl (C=O) groups is 1. The third-order valence-electron chi connectivity index (χ3n) is 11.5. The maximum atomic E-state index is 12.4. The molecule has 0 aromatic rings. The molecular formula is C33H56O2. The molecule has 200 valence electrons. The lowest BCUT2D eigenvalue weighted by Crippen LogP contribution is -2.50. The first-order chi connectivity index (χ1) is 16.5. The summed E-state index contributed by atoms with van der Waals surface area (Å²) in [7, 11) is 0. The number of rotatable bonds is 9. The van der Waals surface area contributed by atoms with Crippen molar-refractivity contribution in [1.29, 1.82) is 0 Å². The molecule has 0 N–H and O–H groups in total. The molecule has 0 bridgehead atoms. The lowest BCUT2D eigenvalue weighted by atomic mass is 9.47. The minimum atomic E-state index is 0.0345. The Kier molecular flexibility index (Phi) is 8.49. The molecule has 0 aliphatic heterocycles. The summed E-state index contributed by atoms with van der Waals surface area (Å²) < 4.78 is 5.98. The van der Waals surface area contributed by atoms with E-state index in [2.05, 4.69) is 54.5 Å². The molecule has 0 spiro atoms. The molecule has 35 heavy (non-hydrogen) atoms. The van der Waals surface area contributed by atoms with E-state index in [9.17, 15) is 4.79 Å². The van der Waals surface area contributed by atoms with Crippen LogP contribution in [0.1, 0.15) is 132 Å². The minimum Gasteiger partial charge on any atom is -0.462 e. The van der Waals surface area contributed by atoms with E-state index >= 15 is 0 Å². The van der Waals surface area contributed by atoms with Crippen LogP contribution in [0.4, 0.5) is 0 Å². The van der Waals surface area contributed by atoms with Crippen molar-refractivity contribution in [2.75, 3.05) is 0 Å². The zero-order valence-corrected chi connectivity index (χ0v) is 24.2. The summed E-state index contributed by atoms with van der Waals surface area (Å²) in [5.74, 6) is 5.49. The molecule has 4 aliphatic carbocycles. The number of ether oxygens (including phenoxy) is 1. The highest BCUT2D eigenvalue weighted by atomic mass is 16.5. The number of hydrogen-bond donors (Lipinski definition) is 0. The summed E-state index contributed by atoms with van der Waals surface area (Å²) in [4.78, 5) is 12.4. The van der Waals surface area contributed by atoms with E-state index in [-0.39, 0.29) is 12.1 Å². The highest BCUT2D eigenvalue weighted by Crippen LogP contribution is 2.67. The smallest absolute Gasteiger partial charge is 0.306 e. The predicted molar refractivity (Wildman–Crippen MR) is 147 cm³/mol. The largest absolute Gasteiger partial charge is 0.462 e. The maximum Gasteiger partial charge on any atom is 0.306 e. The highest BCUT2D eigenvalue weighted by Gasteiger charge is 2.58. The van der Waals surface area contributed by atoms with Gasteiger partial charge in [-0.15, -0.1) is 0 Å². The summed E-state index contributed by atoms with van der Waals surface area (Å²) in [5, 5.41) is 0. The van der Waals surface area contributed by atoms with Crippen LogP contribution in [0.25, 0.3) is 0 Å². The van der Waals surface area contributed by atoms with E-state index in [1.807, 2.05) is 5.57 Å². The van der Waals surface area contributed by atoms with Gasteiger partial charge in [-0.25, -0.2) is 0 Å². The van der Waals surface area contributed by atoms with Gasteiger partial charge in [0.1, 0.15) is 6.10 Å². The third kappa shape index (κ3) is 5.57. The molecule has 2 nitrogen and oxygen atoms in total. The van der Waals surface area contributed by atoms with Crippen LogP contribution in [0.3, 0.4) is 0 Å². The molecule has 0 unspecified atom stereocenters. The molecule has 0 aromatic heterocycles. The van der Waals surface area contributed by atoms with Crippen LogP contribution >= 0.6 is 0 Å². The molecule has 4 aliphatic rings. The zero-order valence-electron chi connectivity index (χ0n) is 24.2. The van der Waals surface area contributed by atoms with Gasteiger partial charge in [0.05, 0.1) is 0 Å². The van der Waals surface area contributed by atoms with Crippen LogP contribution in [0, 0.1) is 52.3 Å². The summed E-state index contributed by atoms with van der Waals surface area (Å²) in [5.41, 5.74) is 2.79. The van der Waals surface area contributed by atoms with Gasteiger partial charge in [0.15, 0.2) is 0 Å². The van der Waals surface area contributed by atoms with Crippen molar-refractivity contribution in [3.8, 4) is 0 Å². The van der Waals surface area contributed by atoms with Gasteiger partial charge in [0.2, 0.25) is 0 Å². The van der Waals surface area contributed by atoms with Crippen molar-refractivity contribution in [3.05, 3.63) is 11.6 Å². The van der Waals surface area contributed by atoms with Crippen LogP contribution in [0.15, 0.2) is 11.6 Å². The highest BCUT2D eigenvalue weighted by molar-refractivity contribution is 5.69. The maximum absolute atomic E-state index is 12.4. The molecule has 0 aromatic carbocycles. The van der Waals surface area contributed by atoms with Crippen molar-refractivity contribution in [2.45, 2.75) is 138 Å². The zero-order chi connectivity index (χ0) is 25.4. The molecule has 0 saturated heterocycles. The van der Waals surface area contributed by atoms with E-state index in [1.54, 1.807) is 0 Å². The Morgan fingerprint density at radius 3 is 2.31 bits per heavy atom. The number of fused-ring (bicyclic) bond motifs is 5. The fourth-order valence-electron chi connectivity index (χ4n) is 9.26. The summed E-state index contributed by atoms with van der Waals surface area (Å²) >= 11 is 0. The average Bonchev–Trinajstić information content (AvgIpc) is 3.15. The normalized spacial score (nSPS) is 39.6. The van der Waals surface area contributed by atoms with E-state index in [1.165, 1.54) is 57.8 Å². The van der Waals surface area contributed by atoms with Gasteiger partial charge in [-0.05, 0) is 110 Å². The lowest BCUT2D eigenvalue weighted by molar-refractivity contribution is -0.155. The van der Waals surface area contributed by atoms with Gasteiger partial charge in [-0.2, -0.15) is 0 Å². The van der Waals surface area contributed by atoms with E-state index in [4.69, 9.17) is 4.74 Å². The summed E-state index contributed by atoms with van der Waals surface area (Å²) in [6.07, 6.45) is 18.9. The standard InChI is InChI=1S/C33H56O2/c1-22(2)9-8-10-24(5)28-14-15-29-27-13-12-25-21-26(35-31(34)16-11-23(3)4)17-19-32(25,6)30(27)18-20-33(28,29)7/h13,22-26,28-30H,8-12,14-21H2,1-7H3/t24-,25+,26+,28-,29+,30+,32+,33-/m1/s1. The van der Waals surface area contributed by atoms with Gasteiger partial charge in [-0.3, -0.25) is 4.79 Å². The van der Waals surface area contributed by atoms with E-state index in [0.717, 1.165) is 48.9 Å². The fraction of sp³-hybridized carbons (Fsp3) is 0.909. The Labute approximate surface area is 217 Å². The quantitative estimate of drug-likeness (QED) is 0.241. The molecule has 3 fully saturated rings. The third-order valence-corrected chi connectivity index (χ3v) is 11.5. The second-order valence-corrected chi connectivity index (χ2v) is 14.6. The first-order valence-electron chi connectivity index (χ1n) is 15.4. The van der Waals surface area contributed by atoms with E-state index in [0.29, 0.717) is 29.1 Å². The Hall–Kier alpha value is -0.790. The summed E-state index contributed by atoms with van der Waals surface area (Å²) in [6.45, 7) is 16.9. The Morgan fingerprint density at radius 2 is 1.60 bits per heavy atom. The average molecular weight is 485 g/mol. The lowest BCUT2D eigenvalue weighted by Gasteiger charge is -2.58. The first kappa shape index (κ1) is 27.3. The molecule has 0 radical (unpaired) electrons. The van der Waals surface area contributed by atoms with Crippen molar-refractivity contribution < 1.29 is 9.53 Å². The van der Waals surface area contributed by atoms with Gasteiger partial charge >= 0.3 is 5.97 Å². The molecular weight excluding hydrogens is 428 g/mol. The van der Waals surface area contributed by atoms with Crippen molar-refractivity contribution in [3.63, 3.8) is 0 Å². The van der Waals surface area contributed by atoms with Gasteiger partial charge in [0, 0.05) is 6.42 Å². The number of carbonyl (C=O) groups excluding carboxylic acids is 1. The number of esters is 1. The summed E-state index contributed by atoms with van der Waals surface area (Å²) in [6, 6.07) is 0. The van der Waals surface area contributed by atoms with Crippen LogP contribution in [0.2, 0.25) is 0 Å². The van der Waals surface area contributed by atoms with Crippen molar-refractivity contribution in [2.24, 2.45) is 52.3 Å².